The van der Waals surface area contributed by atoms with Crippen molar-refractivity contribution in [2.45, 2.75) is 132 Å². The van der Waals surface area contributed by atoms with E-state index in [2.05, 4.69) is 65.8 Å². The van der Waals surface area contributed by atoms with Crippen LogP contribution in [0.2, 0.25) is 0 Å². The van der Waals surface area contributed by atoms with Gasteiger partial charge in [-0.1, -0.05) is 104 Å². The predicted molar refractivity (Wildman–Crippen MR) is 180 cm³/mol. The number of fused-ring (bicyclic) bond motifs is 6. The van der Waals surface area contributed by atoms with Crippen LogP contribution in [-0.2, 0) is 9.59 Å². The van der Waals surface area contributed by atoms with Crippen molar-refractivity contribution in [3.63, 3.8) is 0 Å². The number of carboxylic acid groups (broad SMARTS) is 2. The van der Waals surface area contributed by atoms with Gasteiger partial charge in [-0.3, -0.25) is 0 Å². The van der Waals surface area contributed by atoms with Crippen molar-refractivity contribution in [1.29, 1.82) is 0 Å². The van der Waals surface area contributed by atoms with Gasteiger partial charge in [0.15, 0.2) is 0 Å². The molecule has 4 nitrogen and oxygen atoms in total. The third-order valence-electron chi connectivity index (χ3n) is 14.1. The molecule has 6 aliphatic carbocycles. The van der Waals surface area contributed by atoms with E-state index in [0.29, 0.717) is 23.7 Å². The summed E-state index contributed by atoms with van der Waals surface area (Å²) in [6.07, 6.45) is 21.9. The molecule has 45 heavy (non-hydrogen) atoms. The molecule has 0 heterocycles. The molecule has 0 N–H and O–H groups in total. The second-order valence-corrected chi connectivity index (χ2v) is 17.0. The smallest absolute Gasteiger partial charge is 0.550 e. The molecule has 0 spiro atoms. The van der Waals surface area contributed by atoms with E-state index < -0.39 is 22.8 Å². The molecule has 0 saturated heterocycles. The summed E-state index contributed by atoms with van der Waals surface area (Å²) in [6.45, 7) is 17.7. The maximum atomic E-state index is 11.8. The maximum absolute atomic E-state index is 11.8. The SMILES string of the molecule is CC(C)C1=CC2=CCC3[C@](C)(C(=O)[O-])CCC[C@]3(C)[C@H]2CC1.CC(C)C1=CC2=CCC3[C@](C)(C(=O)[O-])CCC[C@]3(C)[C@H]2CC1.[Pb+2]. The molecule has 2 radical (unpaired) electrons. The van der Waals surface area contributed by atoms with Crippen LogP contribution in [0.5, 0.6) is 0 Å². The first-order valence-corrected chi connectivity index (χ1v) is 17.8. The Kier molecular flexibility index (Phi) is 10.9. The van der Waals surface area contributed by atoms with E-state index in [-0.39, 0.29) is 50.0 Å². The molecule has 246 valence electrons. The van der Waals surface area contributed by atoms with Crippen molar-refractivity contribution in [1.82, 2.24) is 0 Å². The van der Waals surface area contributed by atoms with Gasteiger partial charge < -0.3 is 19.8 Å². The zero-order chi connectivity index (χ0) is 32.2. The minimum atomic E-state index is -0.838. The zero-order valence-corrected chi connectivity index (χ0v) is 33.3. The van der Waals surface area contributed by atoms with Crippen LogP contribution >= 0.6 is 0 Å². The van der Waals surface area contributed by atoms with Crippen molar-refractivity contribution in [3.8, 4) is 0 Å². The van der Waals surface area contributed by atoms with E-state index in [4.69, 9.17) is 0 Å². The molecule has 2 fully saturated rings. The third kappa shape index (κ3) is 6.25. The van der Waals surface area contributed by atoms with Crippen LogP contribution in [0.1, 0.15) is 132 Å². The number of allylic oxidation sites excluding steroid dienone is 8. The van der Waals surface area contributed by atoms with Crippen LogP contribution in [0.15, 0.2) is 46.6 Å². The monoisotopic (exact) mass is 810 g/mol. The van der Waals surface area contributed by atoms with Crippen LogP contribution < -0.4 is 10.2 Å². The standard InChI is InChI=1S/2C20H30O2.Pb/c2*1-13(2)14-6-8-16-15(12-14)7-9-17-19(16,3)10-5-11-20(17,4)18(21)22;/h2*7,12-13,16-17H,5-6,8-11H2,1-4H3,(H,21,22);/q;;+2/p-2/t2*16-,17?,19+,20+;/m00./s1. The van der Waals surface area contributed by atoms with Gasteiger partial charge in [0, 0.05) is 22.8 Å². The Bertz CT molecular complexity index is 1190. The van der Waals surface area contributed by atoms with Crippen LogP contribution in [0.4, 0.5) is 0 Å². The van der Waals surface area contributed by atoms with E-state index in [1.165, 1.54) is 36.8 Å². The molecule has 6 aliphatic rings. The van der Waals surface area contributed by atoms with Crippen LogP contribution in [0.25, 0.3) is 0 Å². The van der Waals surface area contributed by atoms with Gasteiger partial charge in [-0.05, 0) is 122 Å². The average Bonchev–Trinajstić information content (AvgIpc) is 2.96. The number of carbonyl (C=O) groups is 2. The summed E-state index contributed by atoms with van der Waals surface area (Å²) in [5, 5.41) is 23.7. The summed E-state index contributed by atoms with van der Waals surface area (Å²) in [4.78, 5) is 23.7. The molecule has 0 aliphatic heterocycles. The van der Waals surface area contributed by atoms with Gasteiger partial charge in [-0.2, -0.15) is 0 Å². The molecule has 8 atom stereocenters. The topological polar surface area (TPSA) is 80.3 Å². The van der Waals surface area contributed by atoms with Gasteiger partial charge in [0.2, 0.25) is 0 Å². The number of carbonyl (C=O) groups excluding carboxylic acids is 2. The van der Waals surface area contributed by atoms with E-state index >= 15 is 0 Å². The second-order valence-electron chi connectivity index (χ2n) is 17.0. The first kappa shape index (κ1) is 36.7. The first-order chi connectivity index (χ1) is 20.6. The van der Waals surface area contributed by atoms with Crippen molar-refractivity contribution < 1.29 is 19.8 Å². The average molecular weight is 810 g/mol. The maximum Gasteiger partial charge on any atom is 2.00 e. The summed E-state index contributed by atoms with van der Waals surface area (Å²) in [6, 6.07) is 0. The van der Waals surface area contributed by atoms with Crippen molar-refractivity contribution in [2.24, 2.45) is 57.2 Å². The van der Waals surface area contributed by atoms with E-state index in [9.17, 15) is 19.8 Å². The molecule has 2 saturated carbocycles. The van der Waals surface area contributed by atoms with E-state index in [1.54, 1.807) is 11.1 Å². The number of hydrogen-bond donors (Lipinski definition) is 0. The fraction of sp³-hybridized carbons (Fsp3) is 0.750. The molecule has 0 amide bonds. The number of carboxylic acids is 2. The Balaban J connectivity index is 0.000000200. The fourth-order valence-electron chi connectivity index (χ4n) is 11.2. The van der Waals surface area contributed by atoms with Gasteiger partial charge in [-0.25, -0.2) is 0 Å². The Morgan fingerprint density at radius 2 is 1.02 bits per heavy atom. The van der Waals surface area contributed by atoms with E-state index in [1.807, 2.05) is 13.8 Å². The molecule has 5 heteroatoms. The largest absolute Gasteiger partial charge is 2.00 e. The second kappa shape index (κ2) is 13.4. The van der Waals surface area contributed by atoms with Crippen molar-refractivity contribution in [2.75, 3.05) is 0 Å². The molecule has 0 aromatic heterocycles. The minimum absolute atomic E-state index is 0. The normalized spacial score (nSPS) is 40.4. The molecular formula is C40H58O4Pb. The third-order valence-corrected chi connectivity index (χ3v) is 14.1. The van der Waals surface area contributed by atoms with Crippen molar-refractivity contribution in [3.05, 3.63) is 46.6 Å². The Labute approximate surface area is 293 Å². The molecule has 0 aromatic carbocycles. The van der Waals surface area contributed by atoms with Gasteiger partial charge in [-0.15, -0.1) is 0 Å². The van der Waals surface area contributed by atoms with Crippen LogP contribution in [-0.4, -0.2) is 39.2 Å². The Hall–Kier alpha value is -1.18. The summed E-state index contributed by atoms with van der Waals surface area (Å²) in [7, 11) is 0. The Morgan fingerprint density at radius 3 is 1.33 bits per heavy atom. The molecule has 0 aromatic rings. The summed E-state index contributed by atoms with van der Waals surface area (Å²) >= 11 is 0. The zero-order valence-electron chi connectivity index (χ0n) is 29.4. The predicted octanol–water partition coefficient (Wildman–Crippen LogP) is 7.36. The summed E-state index contributed by atoms with van der Waals surface area (Å²) in [5.41, 5.74) is 5.01. The van der Waals surface area contributed by atoms with Gasteiger partial charge in [0.25, 0.3) is 0 Å². The number of hydrogen-bond acceptors (Lipinski definition) is 4. The molecule has 2 unspecified atom stereocenters. The molecular weight excluding hydrogens is 752 g/mol. The van der Waals surface area contributed by atoms with Gasteiger partial charge in [0.05, 0.1) is 0 Å². The van der Waals surface area contributed by atoms with Crippen molar-refractivity contribution >= 4 is 39.2 Å². The van der Waals surface area contributed by atoms with Gasteiger partial charge in [0.1, 0.15) is 0 Å². The molecule has 0 bridgehead atoms. The van der Waals surface area contributed by atoms with Crippen LogP contribution in [0, 0.1) is 57.2 Å². The van der Waals surface area contributed by atoms with Crippen LogP contribution in [0.3, 0.4) is 0 Å². The first-order valence-electron chi connectivity index (χ1n) is 17.8. The summed E-state index contributed by atoms with van der Waals surface area (Å²) < 4.78 is 0. The van der Waals surface area contributed by atoms with Gasteiger partial charge >= 0.3 is 27.3 Å². The molecule has 6 rings (SSSR count). The van der Waals surface area contributed by atoms with E-state index in [0.717, 1.165) is 51.4 Å². The quantitative estimate of drug-likeness (QED) is 0.278. The number of aliphatic carboxylic acids is 2. The summed E-state index contributed by atoms with van der Waals surface area (Å²) in [5.74, 6) is 1.08. The fourth-order valence-corrected chi connectivity index (χ4v) is 11.2. The number of rotatable bonds is 4. The minimum Gasteiger partial charge on any atom is -0.550 e. The Morgan fingerprint density at radius 1 is 0.667 bits per heavy atom.